The summed E-state index contributed by atoms with van der Waals surface area (Å²) >= 11 is 0. The minimum atomic E-state index is -1.83. The molecule has 1 atom stereocenters. The first kappa shape index (κ1) is 24.0. The number of anilines is 1. The van der Waals surface area contributed by atoms with E-state index in [1.54, 1.807) is 13.0 Å². The SMILES string of the molecule is Cc1ccc(C(=O)NC(C)(CO)C(=O)O)cc1NC(=O)OCC1c2ccccc2-c2ccccc21. The minimum absolute atomic E-state index is 0.0847. The van der Waals surface area contributed by atoms with Crippen molar-refractivity contribution in [3.8, 4) is 11.1 Å². The molecule has 0 saturated carbocycles. The Labute approximate surface area is 202 Å². The van der Waals surface area contributed by atoms with Crippen LogP contribution < -0.4 is 10.6 Å². The predicted octanol–water partition coefficient (Wildman–Crippen LogP) is 3.92. The van der Waals surface area contributed by atoms with Crippen LogP contribution in [0.3, 0.4) is 0 Å². The third kappa shape index (κ3) is 4.74. The van der Waals surface area contributed by atoms with E-state index in [1.165, 1.54) is 19.1 Å². The number of carboxylic acids is 1. The van der Waals surface area contributed by atoms with E-state index in [0.717, 1.165) is 22.3 Å². The van der Waals surface area contributed by atoms with Gasteiger partial charge in [-0.1, -0.05) is 54.6 Å². The lowest BCUT2D eigenvalue weighted by molar-refractivity contribution is -0.145. The molecule has 0 aliphatic heterocycles. The first-order valence-corrected chi connectivity index (χ1v) is 11.1. The van der Waals surface area contributed by atoms with Gasteiger partial charge < -0.3 is 20.3 Å². The van der Waals surface area contributed by atoms with E-state index < -0.39 is 30.1 Å². The number of carbonyl (C=O) groups excluding carboxylic acids is 2. The molecule has 1 unspecified atom stereocenters. The summed E-state index contributed by atoms with van der Waals surface area (Å²) in [6, 6.07) is 20.6. The smallest absolute Gasteiger partial charge is 0.411 e. The molecule has 4 N–H and O–H groups in total. The molecule has 2 amide bonds. The fourth-order valence-corrected chi connectivity index (χ4v) is 4.13. The van der Waals surface area contributed by atoms with Gasteiger partial charge in [0.15, 0.2) is 5.54 Å². The van der Waals surface area contributed by atoms with E-state index in [0.29, 0.717) is 11.3 Å². The monoisotopic (exact) mass is 474 g/mol. The lowest BCUT2D eigenvalue weighted by Crippen LogP contribution is -2.54. The van der Waals surface area contributed by atoms with Crippen molar-refractivity contribution in [3.63, 3.8) is 0 Å². The maximum Gasteiger partial charge on any atom is 0.411 e. The zero-order valence-electron chi connectivity index (χ0n) is 19.4. The van der Waals surface area contributed by atoms with Gasteiger partial charge in [-0.2, -0.15) is 0 Å². The second-order valence-electron chi connectivity index (χ2n) is 8.73. The Morgan fingerprint density at radius 2 is 1.57 bits per heavy atom. The van der Waals surface area contributed by atoms with Crippen LogP contribution in [0.2, 0.25) is 0 Å². The molecule has 8 nitrogen and oxygen atoms in total. The molecule has 0 heterocycles. The molecule has 1 aliphatic rings. The summed E-state index contributed by atoms with van der Waals surface area (Å²) in [7, 11) is 0. The van der Waals surface area contributed by atoms with Crippen LogP contribution in [-0.4, -0.2) is 46.9 Å². The summed E-state index contributed by atoms with van der Waals surface area (Å²) in [5.41, 5.74) is 3.80. The van der Waals surface area contributed by atoms with Crippen LogP contribution in [0, 0.1) is 6.92 Å². The number of fused-ring (bicyclic) bond motifs is 3. The zero-order valence-corrected chi connectivity index (χ0v) is 19.4. The molecule has 4 rings (SSSR count). The maximum atomic E-state index is 12.6. The quantitative estimate of drug-likeness (QED) is 0.411. The second kappa shape index (κ2) is 9.60. The molecule has 0 fully saturated rings. The van der Waals surface area contributed by atoms with E-state index in [9.17, 15) is 24.6 Å². The number of ether oxygens (including phenoxy) is 1. The molecule has 8 heteroatoms. The normalized spacial score (nSPS) is 13.8. The van der Waals surface area contributed by atoms with Gasteiger partial charge in [0, 0.05) is 17.2 Å². The number of hydrogen-bond acceptors (Lipinski definition) is 5. The minimum Gasteiger partial charge on any atom is -0.479 e. The van der Waals surface area contributed by atoms with Gasteiger partial charge in [0.25, 0.3) is 5.91 Å². The van der Waals surface area contributed by atoms with Gasteiger partial charge in [-0.15, -0.1) is 0 Å². The number of aryl methyl sites for hydroxylation is 1. The number of aliphatic carboxylic acids is 1. The Bertz CT molecular complexity index is 1260. The van der Waals surface area contributed by atoms with E-state index in [-0.39, 0.29) is 18.1 Å². The summed E-state index contributed by atoms with van der Waals surface area (Å²) in [6.45, 7) is 2.34. The first-order chi connectivity index (χ1) is 16.7. The van der Waals surface area contributed by atoms with Crippen molar-refractivity contribution in [1.29, 1.82) is 0 Å². The molecule has 180 valence electrons. The van der Waals surface area contributed by atoms with Crippen LogP contribution in [0.4, 0.5) is 10.5 Å². The van der Waals surface area contributed by atoms with Crippen LogP contribution in [0.15, 0.2) is 66.7 Å². The van der Waals surface area contributed by atoms with Crippen molar-refractivity contribution in [2.75, 3.05) is 18.5 Å². The molecular weight excluding hydrogens is 448 g/mol. The van der Waals surface area contributed by atoms with Crippen molar-refractivity contribution in [3.05, 3.63) is 89.0 Å². The third-order valence-electron chi connectivity index (χ3n) is 6.26. The van der Waals surface area contributed by atoms with Crippen LogP contribution in [0.1, 0.15) is 39.9 Å². The van der Waals surface area contributed by atoms with E-state index >= 15 is 0 Å². The van der Waals surface area contributed by atoms with Crippen LogP contribution >= 0.6 is 0 Å². The fraction of sp³-hybridized carbons (Fsp3) is 0.222. The number of carbonyl (C=O) groups is 3. The molecule has 0 spiro atoms. The van der Waals surface area contributed by atoms with Gasteiger partial charge in [0.2, 0.25) is 0 Å². The summed E-state index contributed by atoms with van der Waals surface area (Å²) in [6.07, 6.45) is -0.668. The van der Waals surface area contributed by atoms with E-state index in [1.807, 2.05) is 36.4 Å². The topological polar surface area (TPSA) is 125 Å². The third-order valence-corrected chi connectivity index (χ3v) is 6.26. The summed E-state index contributed by atoms with van der Waals surface area (Å²) in [5, 5.41) is 23.6. The Morgan fingerprint density at radius 1 is 0.971 bits per heavy atom. The number of benzene rings is 3. The first-order valence-electron chi connectivity index (χ1n) is 11.1. The number of carboxylic acid groups (broad SMARTS) is 1. The van der Waals surface area contributed by atoms with Crippen LogP contribution in [0.5, 0.6) is 0 Å². The highest BCUT2D eigenvalue weighted by atomic mass is 16.5. The molecule has 0 aromatic heterocycles. The number of aliphatic hydroxyl groups is 1. The number of amides is 2. The molecule has 35 heavy (non-hydrogen) atoms. The Kier molecular flexibility index (Phi) is 6.57. The number of hydrogen-bond donors (Lipinski definition) is 4. The average molecular weight is 475 g/mol. The largest absolute Gasteiger partial charge is 0.479 e. The van der Waals surface area contributed by atoms with Gasteiger partial charge in [-0.3, -0.25) is 10.1 Å². The van der Waals surface area contributed by atoms with Gasteiger partial charge in [-0.25, -0.2) is 9.59 Å². The molecular formula is C27H26N2O6. The highest BCUT2D eigenvalue weighted by molar-refractivity contribution is 5.99. The number of rotatable bonds is 7. The Balaban J connectivity index is 1.46. The van der Waals surface area contributed by atoms with Crippen LogP contribution in [-0.2, 0) is 9.53 Å². The Hall–Kier alpha value is -4.17. The average Bonchev–Trinajstić information content (AvgIpc) is 3.17. The van der Waals surface area contributed by atoms with Crippen molar-refractivity contribution in [2.45, 2.75) is 25.3 Å². The molecule has 3 aromatic carbocycles. The van der Waals surface area contributed by atoms with Crippen molar-refractivity contribution < 1.29 is 29.3 Å². The molecule has 0 bridgehead atoms. The second-order valence-corrected chi connectivity index (χ2v) is 8.73. The van der Waals surface area contributed by atoms with E-state index in [2.05, 4.69) is 22.8 Å². The molecule has 3 aromatic rings. The molecule has 0 saturated heterocycles. The number of aliphatic hydroxyl groups excluding tert-OH is 1. The predicted molar refractivity (Wildman–Crippen MR) is 130 cm³/mol. The van der Waals surface area contributed by atoms with Crippen molar-refractivity contribution in [1.82, 2.24) is 5.32 Å². The lowest BCUT2D eigenvalue weighted by atomic mass is 9.98. The standard InChI is InChI=1S/C27H26N2O6/c1-16-11-12-17(24(31)29-27(2,15-30)25(32)33)13-23(16)28-26(34)35-14-22-20-9-5-3-7-18(20)19-8-4-6-10-21(19)22/h3-13,22,30H,14-15H2,1-2H3,(H,28,34)(H,29,31)(H,32,33). The van der Waals surface area contributed by atoms with Gasteiger partial charge >= 0.3 is 12.1 Å². The molecule has 0 radical (unpaired) electrons. The van der Waals surface area contributed by atoms with Crippen molar-refractivity contribution in [2.24, 2.45) is 0 Å². The van der Waals surface area contributed by atoms with Gasteiger partial charge in [-0.05, 0) is 53.8 Å². The number of nitrogens with one attached hydrogen (secondary N) is 2. The van der Waals surface area contributed by atoms with E-state index in [4.69, 9.17) is 4.74 Å². The highest BCUT2D eigenvalue weighted by Gasteiger charge is 2.34. The maximum absolute atomic E-state index is 12.6. The Morgan fingerprint density at radius 3 is 2.14 bits per heavy atom. The van der Waals surface area contributed by atoms with Crippen molar-refractivity contribution >= 4 is 23.7 Å². The van der Waals surface area contributed by atoms with Gasteiger partial charge in [0.05, 0.1) is 6.61 Å². The van der Waals surface area contributed by atoms with Gasteiger partial charge in [0.1, 0.15) is 6.61 Å². The molecule has 1 aliphatic carbocycles. The zero-order chi connectivity index (χ0) is 25.2. The fourth-order valence-electron chi connectivity index (χ4n) is 4.13. The summed E-state index contributed by atoms with van der Waals surface area (Å²) in [4.78, 5) is 36.6. The van der Waals surface area contributed by atoms with Crippen LogP contribution in [0.25, 0.3) is 11.1 Å². The summed E-state index contributed by atoms with van der Waals surface area (Å²) in [5.74, 6) is -2.14. The lowest BCUT2D eigenvalue weighted by Gasteiger charge is -2.23. The highest BCUT2D eigenvalue weighted by Crippen LogP contribution is 2.44. The summed E-state index contributed by atoms with van der Waals surface area (Å²) < 4.78 is 5.57.